The highest BCUT2D eigenvalue weighted by Crippen LogP contribution is 2.27. The van der Waals surface area contributed by atoms with Gasteiger partial charge in [0, 0.05) is 12.5 Å². The smallest absolute Gasteiger partial charge is 0.319 e. The molecule has 0 radical (unpaired) electrons. The third-order valence-electron chi connectivity index (χ3n) is 2.93. The van der Waals surface area contributed by atoms with Crippen LogP contribution in [0, 0.1) is 11.3 Å². The Morgan fingerprint density at radius 1 is 1.44 bits per heavy atom. The molecule has 0 N–H and O–H groups in total. The lowest BCUT2D eigenvalue weighted by Gasteiger charge is -2.28. The summed E-state index contributed by atoms with van der Waals surface area (Å²) in [7, 11) is 0. The lowest BCUT2D eigenvalue weighted by Crippen LogP contribution is -2.41. The van der Waals surface area contributed by atoms with E-state index in [0.29, 0.717) is 19.8 Å². The zero-order chi connectivity index (χ0) is 12.2. The van der Waals surface area contributed by atoms with Crippen LogP contribution < -0.4 is 0 Å². The van der Waals surface area contributed by atoms with Crippen molar-refractivity contribution in [2.45, 2.75) is 33.6 Å². The molecule has 0 aromatic rings. The Morgan fingerprint density at radius 3 is 2.62 bits per heavy atom. The van der Waals surface area contributed by atoms with E-state index in [2.05, 4.69) is 0 Å². The molecular weight excluding hydrogens is 208 g/mol. The van der Waals surface area contributed by atoms with Gasteiger partial charge in [0.15, 0.2) is 5.78 Å². The molecule has 0 bridgehead atoms. The van der Waals surface area contributed by atoms with Gasteiger partial charge in [-0.05, 0) is 33.6 Å². The van der Waals surface area contributed by atoms with E-state index in [9.17, 15) is 9.59 Å². The summed E-state index contributed by atoms with van der Waals surface area (Å²) in [6.45, 7) is 6.44. The molecule has 92 valence electrons. The molecule has 1 saturated heterocycles. The van der Waals surface area contributed by atoms with E-state index in [4.69, 9.17) is 9.47 Å². The van der Waals surface area contributed by atoms with Crippen LogP contribution in [0.2, 0.25) is 0 Å². The van der Waals surface area contributed by atoms with Crippen LogP contribution in [0.3, 0.4) is 0 Å². The Hall–Kier alpha value is -0.900. The largest absolute Gasteiger partial charge is 0.465 e. The first-order valence-electron chi connectivity index (χ1n) is 5.79. The molecule has 0 saturated carbocycles. The summed E-state index contributed by atoms with van der Waals surface area (Å²) >= 11 is 0. The van der Waals surface area contributed by atoms with E-state index in [-0.39, 0.29) is 11.7 Å². The zero-order valence-electron chi connectivity index (χ0n) is 10.2. The number of ether oxygens (including phenoxy) is 2. The van der Waals surface area contributed by atoms with Crippen LogP contribution in [0.4, 0.5) is 0 Å². The summed E-state index contributed by atoms with van der Waals surface area (Å²) in [5, 5.41) is 0. The van der Waals surface area contributed by atoms with E-state index in [1.807, 2.05) is 0 Å². The summed E-state index contributed by atoms with van der Waals surface area (Å²) in [5.74, 6) is -0.663. The van der Waals surface area contributed by atoms with Gasteiger partial charge in [0.2, 0.25) is 0 Å². The van der Waals surface area contributed by atoms with Gasteiger partial charge in [-0.1, -0.05) is 0 Å². The Kier molecular flexibility index (Phi) is 4.47. The molecule has 1 rings (SSSR count). The van der Waals surface area contributed by atoms with Crippen molar-refractivity contribution < 1.29 is 19.1 Å². The number of carbonyl (C=O) groups is 2. The number of ketones is 1. The van der Waals surface area contributed by atoms with Gasteiger partial charge < -0.3 is 9.47 Å². The highest BCUT2D eigenvalue weighted by molar-refractivity contribution is 6.04. The molecule has 1 atom stereocenters. The summed E-state index contributed by atoms with van der Waals surface area (Å²) < 4.78 is 10.2. The Balaban J connectivity index is 2.66. The summed E-state index contributed by atoms with van der Waals surface area (Å²) in [5.41, 5.74) is -1.05. The fraction of sp³-hybridized carbons (Fsp3) is 0.833. The van der Waals surface area contributed by atoms with Gasteiger partial charge in [0.1, 0.15) is 5.41 Å². The van der Waals surface area contributed by atoms with Gasteiger partial charge in [0.05, 0.1) is 13.2 Å². The average molecular weight is 228 g/mol. The van der Waals surface area contributed by atoms with Gasteiger partial charge >= 0.3 is 5.97 Å². The van der Waals surface area contributed by atoms with Crippen LogP contribution in [-0.4, -0.2) is 31.6 Å². The summed E-state index contributed by atoms with van der Waals surface area (Å²) in [6, 6.07) is 0. The maximum Gasteiger partial charge on any atom is 0.319 e. The number of Topliss-reactive ketones (excluding diaryl/α,β-unsaturated/α-hetero) is 1. The first kappa shape index (κ1) is 13.2. The van der Waals surface area contributed by atoms with Crippen molar-refractivity contribution in [2.24, 2.45) is 11.3 Å². The molecule has 0 aliphatic carbocycles. The minimum atomic E-state index is -1.05. The number of hydrogen-bond donors (Lipinski definition) is 0. The molecule has 16 heavy (non-hydrogen) atoms. The minimum Gasteiger partial charge on any atom is -0.465 e. The van der Waals surface area contributed by atoms with Crippen LogP contribution in [0.1, 0.15) is 33.6 Å². The van der Waals surface area contributed by atoms with Gasteiger partial charge in [-0.25, -0.2) is 0 Å². The Morgan fingerprint density at radius 2 is 2.12 bits per heavy atom. The molecule has 0 aromatic carbocycles. The van der Waals surface area contributed by atoms with Crippen molar-refractivity contribution in [3.8, 4) is 0 Å². The lowest BCUT2D eigenvalue weighted by atomic mass is 9.79. The van der Waals surface area contributed by atoms with Crippen molar-refractivity contribution in [3.63, 3.8) is 0 Å². The second-order valence-corrected chi connectivity index (χ2v) is 4.62. The zero-order valence-corrected chi connectivity index (χ0v) is 10.2. The predicted molar refractivity (Wildman–Crippen MR) is 59.0 cm³/mol. The number of esters is 1. The molecule has 1 heterocycles. The maximum atomic E-state index is 12.2. The lowest BCUT2D eigenvalue weighted by molar-refractivity contribution is -0.160. The van der Waals surface area contributed by atoms with Crippen molar-refractivity contribution in [1.29, 1.82) is 0 Å². The fourth-order valence-electron chi connectivity index (χ4n) is 1.87. The van der Waals surface area contributed by atoms with E-state index in [1.165, 1.54) is 0 Å². The Labute approximate surface area is 96.3 Å². The van der Waals surface area contributed by atoms with Crippen molar-refractivity contribution in [2.75, 3.05) is 19.8 Å². The molecule has 1 aliphatic heterocycles. The summed E-state index contributed by atoms with van der Waals surface area (Å²) in [6.07, 6.45) is 1.69. The molecule has 4 nitrogen and oxygen atoms in total. The van der Waals surface area contributed by atoms with Crippen molar-refractivity contribution in [3.05, 3.63) is 0 Å². The van der Waals surface area contributed by atoms with Gasteiger partial charge in [0.25, 0.3) is 0 Å². The van der Waals surface area contributed by atoms with Gasteiger partial charge in [-0.2, -0.15) is 0 Å². The molecule has 0 amide bonds. The van der Waals surface area contributed by atoms with Gasteiger partial charge in [-0.15, -0.1) is 0 Å². The molecule has 4 heteroatoms. The molecule has 0 spiro atoms. The van der Waals surface area contributed by atoms with E-state index in [1.54, 1.807) is 20.8 Å². The third kappa shape index (κ3) is 2.82. The third-order valence-corrected chi connectivity index (χ3v) is 2.93. The minimum absolute atomic E-state index is 0.0642. The average Bonchev–Trinajstić information content (AvgIpc) is 2.29. The van der Waals surface area contributed by atoms with Crippen molar-refractivity contribution in [1.82, 2.24) is 0 Å². The first-order valence-corrected chi connectivity index (χ1v) is 5.79. The summed E-state index contributed by atoms with van der Waals surface area (Å²) in [4.78, 5) is 23.8. The molecule has 1 aliphatic rings. The SMILES string of the molecule is CCOC(=O)C(C)(C)C(=O)C1CCCOC1. The van der Waals surface area contributed by atoms with Crippen LogP contribution in [0.5, 0.6) is 0 Å². The van der Waals surface area contributed by atoms with Crippen LogP contribution in [0.25, 0.3) is 0 Å². The predicted octanol–water partition coefficient (Wildman–Crippen LogP) is 1.57. The normalized spacial score (nSPS) is 21.6. The van der Waals surface area contributed by atoms with Crippen LogP contribution >= 0.6 is 0 Å². The second kappa shape index (κ2) is 5.43. The number of hydrogen-bond acceptors (Lipinski definition) is 4. The van der Waals surface area contributed by atoms with E-state index in [0.717, 1.165) is 12.8 Å². The molecule has 1 unspecified atom stereocenters. The number of carbonyl (C=O) groups excluding carboxylic acids is 2. The van der Waals surface area contributed by atoms with E-state index < -0.39 is 11.4 Å². The molecule has 0 aromatic heterocycles. The topological polar surface area (TPSA) is 52.6 Å². The van der Waals surface area contributed by atoms with Crippen LogP contribution in [0.15, 0.2) is 0 Å². The second-order valence-electron chi connectivity index (χ2n) is 4.62. The highest BCUT2D eigenvalue weighted by atomic mass is 16.5. The van der Waals surface area contributed by atoms with Crippen molar-refractivity contribution >= 4 is 11.8 Å². The molecule has 1 fully saturated rings. The van der Waals surface area contributed by atoms with E-state index >= 15 is 0 Å². The van der Waals surface area contributed by atoms with Crippen LogP contribution in [-0.2, 0) is 19.1 Å². The Bertz CT molecular complexity index is 264. The van der Waals surface area contributed by atoms with Gasteiger partial charge in [-0.3, -0.25) is 9.59 Å². The highest BCUT2D eigenvalue weighted by Gasteiger charge is 2.41. The first-order chi connectivity index (χ1) is 7.50. The quantitative estimate of drug-likeness (QED) is 0.541. The number of rotatable bonds is 4. The monoisotopic (exact) mass is 228 g/mol. The standard InChI is InChI=1S/C12H20O4/c1-4-16-11(14)12(2,3)10(13)9-6-5-7-15-8-9/h9H,4-8H2,1-3H3. The molecular formula is C12H20O4. The maximum absolute atomic E-state index is 12.2. The fourth-order valence-corrected chi connectivity index (χ4v) is 1.87.